The smallest absolute Gasteiger partial charge is 0.328 e. The SMILES string of the molecule is CCC(C)C(NC(=O)C1CCCC1)C(=O)OC. The number of esters is 1. The zero-order valence-corrected chi connectivity index (χ0v) is 11.0. The molecule has 1 N–H and O–H groups in total. The maximum absolute atomic E-state index is 12.0. The largest absolute Gasteiger partial charge is 0.467 e. The molecule has 0 aromatic carbocycles. The Morgan fingerprint density at radius 2 is 1.94 bits per heavy atom. The molecular formula is C13H23NO3. The lowest BCUT2D eigenvalue weighted by atomic mass is 9.98. The zero-order chi connectivity index (χ0) is 12.8. The van der Waals surface area contributed by atoms with Crippen LogP contribution in [0, 0.1) is 11.8 Å². The van der Waals surface area contributed by atoms with Crippen molar-refractivity contribution in [1.82, 2.24) is 5.32 Å². The highest BCUT2D eigenvalue weighted by Gasteiger charge is 2.30. The average Bonchev–Trinajstić information content (AvgIpc) is 2.87. The Morgan fingerprint density at radius 1 is 1.35 bits per heavy atom. The molecule has 1 saturated carbocycles. The van der Waals surface area contributed by atoms with E-state index in [0.717, 1.165) is 32.1 Å². The summed E-state index contributed by atoms with van der Waals surface area (Å²) in [5.41, 5.74) is 0. The van der Waals surface area contributed by atoms with E-state index >= 15 is 0 Å². The Bertz CT molecular complexity index is 272. The summed E-state index contributed by atoms with van der Waals surface area (Å²) in [4.78, 5) is 23.6. The van der Waals surface area contributed by atoms with Gasteiger partial charge in [-0.05, 0) is 18.8 Å². The molecule has 1 amide bonds. The number of hydrogen-bond donors (Lipinski definition) is 1. The van der Waals surface area contributed by atoms with Crippen molar-refractivity contribution < 1.29 is 14.3 Å². The fourth-order valence-electron chi connectivity index (χ4n) is 2.26. The molecule has 98 valence electrons. The van der Waals surface area contributed by atoms with E-state index < -0.39 is 6.04 Å². The molecule has 0 saturated heterocycles. The van der Waals surface area contributed by atoms with E-state index in [1.807, 2.05) is 13.8 Å². The first-order valence-corrected chi connectivity index (χ1v) is 6.48. The third kappa shape index (κ3) is 3.72. The molecule has 2 atom stereocenters. The van der Waals surface area contributed by atoms with E-state index in [1.54, 1.807) is 0 Å². The van der Waals surface area contributed by atoms with Gasteiger partial charge in [0.2, 0.25) is 5.91 Å². The van der Waals surface area contributed by atoms with Crippen molar-refractivity contribution in [3.05, 3.63) is 0 Å². The maximum atomic E-state index is 12.0. The van der Waals surface area contributed by atoms with Gasteiger partial charge in [0.25, 0.3) is 0 Å². The second-order valence-corrected chi connectivity index (χ2v) is 4.88. The standard InChI is InChI=1S/C13H23NO3/c1-4-9(2)11(13(16)17-3)14-12(15)10-7-5-6-8-10/h9-11H,4-8H2,1-3H3,(H,14,15). The van der Waals surface area contributed by atoms with Crippen molar-refractivity contribution in [1.29, 1.82) is 0 Å². The second-order valence-electron chi connectivity index (χ2n) is 4.88. The van der Waals surface area contributed by atoms with Gasteiger partial charge in [0, 0.05) is 5.92 Å². The molecule has 4 nitrogen and oxygen atoms in total. The molecular weight excluding hydrogens is 218 g/mol. The Hall–Kier alpha value is -1.06. The van der Waals surface area contributed by atoms with E-state index in [2.05, 4.69) is 5.32 Å². The molecule has 1 fully saturated rings. The van der Waals surface area contributed by atoms with Gasteiger partial charge in [-0.2, -0.15) is 0 Å². The third-order valence-electron chi connectivity index (χ3n) is 3.69. The number of carbonyl (C=O) groups is 2. The highest BCUT2D eigenvalue weighted by molar-refractivity contribution is 5.86. The van der Waals surface area contributed by atoms with Gasteiger partial charge in [0.05, 0.1) is 7.11 Å². The molecule has 0 heterocycles. The highest BCUT2D eigenvalue weighted by atomic mass is 16.5. The molecule has 17 heavy (non-hydrogen) atoms. The van der Waals surface area contributed by atoms with Gasteiger partial charge in [-0.3, -0.25) is 4.79 Å². The first-order valence-electron chi connectivity index (χ1n) is 6.48. The van der Waals surface area contributed by atoms with Gasteiger partial charge in [0.15, 0.2) is 0 Å². The number of ether oxygens (including phenoxy) is 1. The summed E-state index contributed by atoms with van der Waals surface area (Å²) in [6.07, 6.45) is 4.96. The van der Waals surface area contributed by atoms with Crippen LogP contribution in [0.3, 0.4) is 0 Å². The van der Waals surface area contributed by atoms with Crippen LogP contribution in [0.5, 0.6) is 0 Å². The summed E-state index contributed by atoms with van der Waals surface area (Å²) in [5, 5.41) is 2.85. The molecule has 1 aliphatic carbocycles. The van der Waals surface area contributed by atoms with Crippen molar-refractivity contribution >= 4 is 11.9 Å². The summed E-state index contributed by atoms with van der Waals surface area (Å²) in [5.74, 6) is -0.136. The Morgan fingerprint density at radius 3 is 2.41 bits per heavy atom. The van der Waals surface area contributed by atoms with Crippen LogP contribution in [0.2, 0.25) is 0 Å². The summed E-state index contributed by atoms with van der Waals surface area (Å²) in [7, 11) is 1.36. The fourth-order valence-corrected chi connectivity index (χ4v) is 2.26. The summed E-state index contributed by atoms with van der Waals surface area (Å²) < 4.78 is 4.75. The monoisotopic (exact) mass is 241 g/mol. The van der Waals surface area contributed by atoms with Crippen LogP contribution < -0.4 is 5.32 Å². The van der Waals surface area contributed by atoms with Crippen LogP contribution in [0.4, 0.5) is 0 Å². The molecule has 0 aliphatic heterocycles. The lowest BCUT2D eigenvalue weighted by Gasteiger charge is -2.23. The molecule has 0 spiro atoms. The molecule has 4 heteroatoms. The molecule has 0 radical (unpaired) electrons. The first kappa shape index (κ1) is 14.0. The van der Waals surface area contributed by atoms with E-state index in [-0.39, 0.29) is 23.7 Å². The van der Waals surface area contributed by atoms with E-state index in [0.29, 0.717) is 0 Å². The molecule has 0 bridgehead atoms. The Kier molecular flexibility index (Phi) is 5.45. The number of hydrogen-bond acceptors (Lipinski definition) is 3. The predicted molar refractivity (Wildman–Crippen MR) is 65.4 cm³/mol. The number of rotatable bonds is 5. The van der Waals surface area contributed by atoms with Crippen molar-refractivity contribution in [2.24, 2.45) is 11.8 Å². The molecule has 0 aromatic rings. The van der Waals surface area contributed by atoms with Crippen molar-refractivity contribution in [2.45, 2.75) is 52.0 Å². The lowest BCUT2D eigenvalue weighted by molar-refractivity contribution is -0.147. The highest BCUT2D eigenvalue weighted by Crippen LogP contribution is 2.25. The van der Waals surface area contributed by atoms with Gasteiger partial charge < -0.3 is 10.1 Å². The number of methoxy groups -OCH3 is 1. The van der Waals surface area contributed by atoms with E-state index in [1.165, 1.54) is 7.11 Å². The minimum atomic E-state index is -0.502. The summed E-state index contributed by atoms with van der Waals surface area (Å²) in [6.45, 7) is 3.96. The number of amides is 1. The zero-order valence-electron chi connectivity index (χ0n) is 11.0. The van der Waals surface area contributed by atoms with Crippen LogP contribution >= 0.6 is 0 Å². The third-order valence-corrected chi connectivity index (χ3v) is 3.69. The van der Waals surface area contributed by atoms with Gasteiger partial charge >= 0.3 is 5.97 Å². The van der Waals surface area contributed by atoms with Crippen LogP contribution in [0.25, 0.3) is 0 Å². The van der Waals surface area contributed by atoms with Gasteiger partial charge in [-0.25, -0.2) is 4.79 Å². The number of carbonyl (C=O) groups excluding carboxylic acids is 2. The van der Waals surface area contributed by atoms with Crippen LogP contribution in [0.15, 0.2) is 0 Å². The lowest BCUT2D eigenvalue weighted by Crippen LogP contribution is -2.47. The second kappa shape index (κ2) is 6.62. The van der Waals surface area contributed by atoms with Gasteiger partial charge in [0.1, 0.15) is 6.04 Å². The topological polar surface area (TPSA) is 55.4 Å². The van der Waals surface area contributed by atoms with Crippen LogP contribution in [-0.2, 0) is 14.3 Å². The minimum absolute atomic E-state index is 0.0122. The Labute approximate surface area is 103 Å². The summed E-state index contributed by atoms with van der Waals surface area (Å²) >= 11 is 0. The molecule has 0 aromatic heterocycles. The van der Waals surface area contributed by atoms with Crippen molar-refractivity contribution in [2.75, 3.05) is 7.11 Å². The van der Waals surface area contributed by atoms with E-state index in [4.69, 9.17) is 4.74 Å². The number of nitrogens with one attached hydrogen (secondary N) is 1. The minimum Gasteiger partial charge on any atom is -0.467 e. The van der Waals surface area contributed by atoms with Crippen molar-refractivity contribution in [3.63, 3.8) is 0 Å². The maximum Gasteiger partial charge on any atom is 0.328 e. The molecule has 1 rings (SSSR count). The normalized spacial score (nSPS) is 19.7. The quantitative estimate of drug-likeness (QED) is 0.748. The van der Waals surface area contributed by atoms with E-state index in [9.17, 15) is 9.59 Å². The van der Waals surface area contributed by atoms with Gasteiger partial charge in [-0.1, -0.05) is 33.1 Å². The fraction of sp³-hybridized carbons (Fsp3) is 0.846. The average molecular weight is 241 g/mol. The molecule has 2 unspecified atom stereocenters. The van der Waals surface area contributed by atoms with Gasteiger partial charge in [-0.15, -0.1) is 0 Å². The van der Waals surface area contributed by atoms with Crippen LogP contribution in [0.1, 0.15) is 46.0 Å². The Balaban J connectivity index is 2.58. The molecule has 1 aliphatic rings. The predicted octanol–water partition coefficient (Wildman–Crippen LogP) is 1.88. The first-order chi connectivity index (χ1) is 8.10. The summed E-state index contributed by atoms with van der Waals surface area (Å²) in [6, 6.07) is -0.502. The van der Waals surface area contributed by atoms with Crippen LogP contribution in [-0.4, -0.2) is 25.0 Å². The van der Waals surface area contributed by atoms with Crippen molar-refractivity contribution in [3.8, 4) is 0 Å².